The van der Waals surface area contributed by atoms with Crippen molar-refractivity contribution in [3.63, 3.8) is 0 Å². The summed E-state index contributed by atoms with van der Waals surface area (Å²) in [7, 11) is 0. The number of rotatable bonds is 6. The van der Waals surface area contributed by atoms with E-state index in [1.165, 1.54) is 24.4 Å². The summed E-state index contributed by atoms with van der Waals surface area (Å²) < 4.78 is 46.3. The lowest BCUT2D eigenvalue weighted by atomic mass is 10.1. The van der Waals surface area contributed by atoms with Crippen LogP contribution in [0.15, 0.2) is 65.2 Å². The van der Waals surface area contributed by atoms with Crippen LogP contribution in [-0.2, 0) is 0 Å². The van der Waals surface area contributed by atoms with E-state index in [1.54, 1.807) is 24.3 Å². The Hall–Kier alpha value is -4.41. The number of nitrogens with one attached hydrogen (secondary N) is 2. The third kappa shape index (κ3) is 4.83. The molecule has 0 bridgehead atoms. The third-order valence-electron chi connectivity index (χ3n) is 4.20. The van der Waals surface area contributed by atoms with Gasteiger partial charge in [0.25, 0.3) is 5.91 Å². The minimum Gasteiger partial charge on any atom is -0.433 e. The second-order valence-electron chi connectivity index (χ2n) is 6.46. The molecule has 4 rings (SSSR count). The van der Waals surface area contributed by atoms with Gasteiger partial charge >= 0.3 is 6.36 Å². The minimum atomic E-state index is -4.84. The van der Waals surface area contributed by atoms with E-state index < -0.39 is 18.0 Å². The van der Waals surface area contributed by atoms with Crippen molar-refractivity contribution in [1.82, 2.24) is 15.2 Å². The normalized spacial score (nSPS) is 11.2. The predicted octanol–water partition coefficient (Wildman–Crippen LogP) is 4.70. The summed E-state index contributed by atoms with van der Waals surface area (Å²) in [6.45, 7) is 0. The van der Waals surface area contributed by atoms with Crippen molar-refractivity contribution in [2.45, 2.75) is 6.36 Å². The zero-order valence-electron chi connectivity index (χ0n) is 16.0. The molecule has 0 radical (unpaired) electrons. The minimum absolute atomic E-state index is 0.0203. The number of benzene rings is 2. The molecule has 0 aliphatic carbocycles. The predicted molar refractivity (Wildman–Crippen MR) is 106 cm³/mol. The van der Waals surface area contributed by atoms with Crippen LogP contribution in [0.3, 0.4) is 0 Å². The summed E-state index contributed by atoms with van der Waals surface area (Å²) in [6.07, 6.45) is -2.98. The summed E-state index contributed by atoms with van der Waals surface area (Å²) in [6, 6.07) is 13.4. The summed E-state index contributed by atoms with van der Waals surface area (Å²) in [4.78, 5) is 27.3. The van der Waals surface area contributed by atoms with E-state index in [-0.39, 0.29) is 23.0 Å². The lowest BCUT2D eigenvalue weighted by Gasteiger charge is -2.10. The van der Waals surface area contributed by atoms with Gasteiger partial charge in [0.1, 0.15) is 5.75 Å². The van der Waals surface area contributed by atoms with Crippen LogP contribution >= 0.6 is 0 Å². The molecular weight excluding hydrogens is 429 g/mol. The van der Waals surface area contributed by atoms with Gasteiger partial charge in [0.2, 0.25) is 5.89 Å². The van der Waals surface area contributed by atoms with Crippen molar-refractivity contribution < 1.29 is 31.9 Å². The largest absolute Gasteiger partial charge is 0.573 e. The van der Waals surface area contributed by atoms with Crippen LogP contribution in [0.1, 0.15) is 21.0 Å². The van der Waals surface area contributed by atoms with Crippen LogP contribution in [0, 0.1) is 0 Å². The maximum atomic E-state index is 12.5. The zero-order chi connectivity index (χ0) is 22.7. The maximum Gasteiger partial charge on any atom is 0.573 e. The first-order chi connectivity index (χ1) is 15.3. The summed E-state index contributed by atoms with van der Waals surface area (Å²) in [5, 5.41) is 9.16. The van der Waals surface area contributed by atoms with Crippen molar-refractivity contribution in [3.05, 3.63) is 72.2 Å². The molecule has 8 nitrogen and oxygen atoms in total. The van der Waals surface area contributed by atoms with Gasteiger partial charge < -0.3 is 14.5 Å². The molecule has 162 valence electrons. The average Bonchev–Trinajstić information content (AvgIpc) is 3.43. The molecule has 0 aliphatic rings. The fourth-order valence-corrected chi connectivity index (χ4v) is 2.85. The highest BCUT2D eigenvalue weighted by atomic mass is 19.4. The number of aldehydes is 1. The molecule has 0 unspecified atom stereocenters. The Morgan fingerprint density at radius 3 is 2.62 bits per heavy atom. The highest BCUT2D eigenvalue weighted by Crippen LogP contribution is 2.27. The molecule has 0 saturated heterocycles. The molecule has 0 fully saturated rings. The van der Waals surface area contributed by atoms with Crippen LogP contribution in [0.25, 0.3) is 22.7 Å². The van der Waals surface area contributed by atoms with E-state index in [4.69, 9.17) is 4.42 Å². The van der Waals surface area contributed by atoms with Crippen LogP contribution < -0.4 is 10.1 Å². The monoisotopic (exact) mass is 442 g/mol. The highest BCUT2D eigenvalue weighted by molar-refractivity contribution is 6.03. The molecule has 4 aromatic rings. The Morgan fingerprint density at radius 2 is 1.88 bits per heavy atom. The standard InChI is InChI=1S/C21H13F3N4O4/c22-21(23,24)32-15-6-2-5-14(8-15)26-19(30)18-9-17(27-28-18)12-3-1-4-13(7-12)20-25-10-16(11-29)31-20/h1-11H,(H,26,30)(H,27,28). The molecular formula is C21H13F3N4O4. The Balaban J connectivity index is 1.50. The second kappa shape index (κ2) is 8.38. The first kappa shape index (κ1) is 20.8. The number of alkyl halides is 3. The van der Waals surface area contributed by atoms with Crippen molar-refractivity contribution in [1.29, 1.82) is 0 Å². The van der Waals surface area contributed by atoms with Crippen LogP contribution in [0.5, 0.6) is 5.75 Å². The number of hydrogen-bond donors (Lipinski definition) is 2. The van der Waals surface area contributed by atoms with Crippen LogP contribution in [0.2, 0.25) is 0 Å². The number of halogens is 3. The Bertz CT molecular complexity index is 1280. The molecule has 11 heteroatoms. The van der Waals surface area contributed by atoms with Gasteiger partial charge in [-0.15, -0.1) is 13.2 Å². The Labute approximate surface area is 178 Å². The molecule has 0 atom stereocenters. The van der Waals surface area contributed by atoms with E-state index in [0.717, 1.165) is 12.1 Å². The molecule has 2 heterocycles. The summed E-state index contributed by atoms with van der Waals surface area (Å²) in [5.74, 6) is -0.738. The van der Waals surface area contributed by atoms with Gasteiger partial charge in [0.05, 0.1) is 11.9 Å². The number of anilines is 1. The van der Waals surface area contributed by atoms with Crippen molar-refractivity contribution in [3.8, 4) is 28.5 Å². The van der Waals surface area contributed by atoms with E-state index in [0.29, 0.717) is 23.1 Å². The van der Waals surface area contributed by atoms with Crippen molar-refractivity contribution in [2.75, 3.05) is 5.32 Å². The lowest BCUT2D eigenvalue weighted by molar-refractivity contribution is -0.274. The smallest absolute Gasteiger partial charge is 0.433 e. The van der Waals surface area contributed by atoms with Crippen molar-refractivity contribution >= 4 is 17.9 Å². The summed E-state index contributed by atoms with van der Waals surface area (Å²) in [5.41, 5.74) is 1.91. The number of amides is 1. The molecule has 32 heavy (non-hydrogen) atoms. The number of oxazole rings is 1. The quantitative estimate of drug-likeness (QED) is 0.419. The Kier molecular flexibility index (Phi) is 5.46. The molecule has 0 saturated carbocycles. The van der Waals surface area contributed by atoms with E-state index in [9.17, 15) is 22.8 Å². The number of carbonyl (C=O) groups excluding carboxylic acids is 2. The van der Waals surface area contributed by atoms with Crippen LogP contribution in [0.4, 0.5) is 18.9 Å². The molecule has 0 spiro atoms. The first-order valence-electron chi connectivity index (χ1n) is 9.05. The van der Waals surface area contributed by atoms with Gasteiger partial charge in [-0.3, -0.25) is 14.7 Å². The molecule has 2 N–H and O–H groups in total. The first-order valence-corrected chi connectivity index (χ1v) is 9.05. The molecule has 2 aromatic carbocycles. The number of ether oxygens (including phenoxy) is 1. The van der Waals surface area contributed by atoms with Crippen LogP contribution in [-0.4, -0.2) is 33.7 Å². The van der Waals surface area contributed by atoms with Crippen molar-refractivity contribution in [2.24, 2.45) is 0 Å². The highest BCUT2D eigenvalue weighted by Gasteiger charge is 2.31. The lowest BCUT2D eigenvalue weighted by Crippen LogP contribution is -2.17. The van der Waals surface area contributed by atoms with E-state index >= 15 is 0 Å². The number of aromatic amines is 1. The average molecular weight is 442 g/mol. The number of nitrogens with zero attached hydrogens (tertiary/aromatic N) is 2. The second-order valence-corrected chi connectivity index (χ2v) is 6.46. The number of carbonyl (C=O) groups is 2. The maximum absolute atomic E-state index is 12.5. The number of aromatic nitrogens is 3. The number of hydrogen-bond acceptors (Lipinski definition) is 6. The van der Waals surface area contributed by atoms with Gasteiger partial charge in [0, 0.05) is 22.9 Å². The summed E-state index contributed by atoms with van der Waals surface area (Å²) >= 11 is 0. The SMILES string of the molecule is O=Cc1cnc(-c2cccc(-c3cc(C(=O)Nc4cccc(OC(F)(F)F)c4)n[nH]3)c2)o1. The fourth-order valence-electron chi connectivity index (χ4n) is 2.85. The zero-order valence-corrected chi connectivity index (χ0v) is 16.0. The van der Waals surface area contributed by atoms with Gasteiger partial charge in [-0.25, -0.2) is 4.98 Å². The number of H-pyrrole nitrogens is 1. The Morgan fingerprint density at radius 1 is 1.09 bits per heavy atom. The molecule has 2 aromatic heterocycles. The molecule has 0 aliphatic heterocycles. The topological polar surface area (TPSA) is 110 Å². The van der Waals surface area contributed by atoms with Gasteiger partial charge in [0.15, 0.2) is 17.7 Å². The van der Waals surface area contributed by atoms with Gasteiger partial charge in [-0.1, -0.05) is 18.2 Å². The third-order valence-corrected chi connectivity index (χ3v) is 4.20. The van der Waals surface area contributed by atoms with Gasteiger partial charge in [-0.05, 0) is 30.3 Å². The van der Waals surface area contributed by atoms with Gasteiger partial charge in [-0.2, -0.15) is 5.10 Å². The fraction of sp³-hybridized carbons (Fsp3) is 0.0476. The molecule has 1 amide bonds. The van der Waals surface area contributed by atoms with E-state index in [1.807, 2.05) is 0 Å². The van der Waals surface area contributed by atoms with E-state index in [2.05, 4.69) is 25.2 Å².